The van der Waals surface area contributed by atoms with Gasteiger partial charge in [0.25, 0.3) is 0 Å². The molecule has 0 aliphatic heterocycles. The molecule has 24 heavy (non-hydrogen) atoms. The number of allylic oxidation sites excluding steroid dienone is 1. The molecule has 2 aromatic rings. The first-order valence-electron chi connectivity index (χ1n) is 8.43. The molecular formula is C20H23NO2S. The first-order chi connectivity index (χ1) is 11.6. The van der Waals surface area contributed by atoms with E-state index in [0.29, 0.717) is 13.0 Å². The number of hydrogen-bond donors (Lipinski definition) is 1. The highest BCUT2D eigenvalue weighted by Gasteiger charge is 2.14. The molecule has 0 fully saturated rings. The average molecular weight is 341 g/mol. The zero-order chi connectivity index (χ0) is 16.8. The van der Waals surface area contributed by atoms with Crippen LogP contribution in [0.2, 0.25) is 0 Å². The molecule has 0 heterocycles. The molecule has 126 valence electrons. The first-order valence-corrected chi connectivity index (χ1v) is 10.1. The monoisotopic (exact) mass is 341 g/mol. The van der Waals surface area contributed by atoms with Crippen LogP contribution in [-0.2, 0) is 22.9 Å². The van der Waals surface area contributed by atoms with Crippen LogP contribution in [0.25, 0.3) is 5.57 Å². The molecule has 1 N–H and O–H groups in total. The van der Waals surface area contributed by atoms with Gasteiger partial charge in [-0.1, -0.05) is 60.7 Å². The maximum atomic E-state index is 12.2. The summed E-state index contributed by atoms with van der Waals surface area (Å²) >= 11 is 0. The van der Waals surface area contributed by atoms with Gasteiger partial charge in [-0.25, -0.2) is 13.1 Å². The summed E-state index contributed by atoms with van der Waals surface area (Å²) in [5, 5.41) is 0. The van der Waals surface area contributed by atoms with Crippen molar-refractivity contribution in [2.45, 2.75) is 25.7 Å². The van der Waals surface area contributed by atoms with Crippen LogP contribution in [0.1, 0.15) is 29.5 Å². The second kappa shape index (κ2) is 7.77. The van der Waals surface area contributed by atoms with Gasteiger partial charge >= 0.3 is 0 Å². The molecule has 1 aliphatic carbocycles. The fourth-order valence-corrected chi connectivity index (χ4v) is 4.17. The Balaban J connectivity index is 1.51. The second-order valence-electron chi connectivity index (χ2n) is 6.12. The molecule has 1 aliphatic rings. The number of rotatable bonds is 7. The molecule has 3 nitrogen and oxygen atoms in total. The second-order valence-corrected chi connectivity index (χ2v) is 8.05. The topological polar surface area (TPSA) is 46.2 Å². The SMILES string of the molecule is O=S(=O)(CCc1ccccc1)NCCC1=CCCc2ccccc21. The lowest BCUT2D eigenvalue weighted by molar-refractivity contribution is 0.581. The summed E-state index contributed by atoms with van der Waals surface area (Å²) in [5.74, 6) is 0.132. The number of fused-ring (bicyclic) bond motifs is 1. The number of aryl methyl sites for hydroxylation is 2. The minimum Gasteiger partial charge on any atom is -0.215 e. The molecule has 4 heteroatoms. The van der Waals surface area contributed by atoms with Crippen LogP contribution < -0.4 is 4.72 Å². The lowest BCUT2D eigenvalue weighted by atomic mass is 9.89. The summed E-state index contributed by atoms with van der Waals surface area (Å²) < 4.78 is 27.1. The van der Waals surface area contributed by atoms with Crippen molar-refractivity contribution in [3.8, 4) is 0 Å². The Morgan fingerprint density at radius 1 is 0.917 bits per heavy atom. The van der Waals surface area contributed by atoms with Crippen LogP contribution in [-0.4, -0.2) is 20.7 Å². The standard InChI is InChI=1S/C20H23NO2S/c22-24(23,16-14-17-7-2-1-3-8-17)21-15-13-19-11-6-10-18-9-4-5-12-20(18)19/h1-5,7-9,11-12,21H,6,10,13-16H2. The van der Waals surface area contributed by atoms with Crippen molar-refractivity contribution < 1.29 is 8.42 Å². The third-order valence-corrected chi connectivity index (χ3v) is 5.77. The Bertz CT molecular complexity index is 811. The van der Waals surface area contributed by atoms with Gasteiger partial charge in [0, 0.05) is 6.54 Å². The molecule has 0 radical (unpaired) electrons. The zero-order valence-corrected chi connectivity index (χ0v) is 14.6. The van der Waals surface area contributed by atoms with Gasteiger partial charge in [-0.2, -0.15) is 0 Å². The fraction of sp³-hybridized carbons (Fsp3) is 0.300. The van der Waals surface area contributed by atoms with Gasteiger partial charge in [0.15, 0.2) is 0 Å². The minimum absolute atomic E-state index is 0.132. The molecule has 2 aromatic carbocycles. The van der Waals surface area contributed by atoms with Gasteiger partial charge < -0.3 is 0 Å². The largest absolute Gasteiger partial charge is 0.215 e. The predicted octanol–water partition coefficient (Wildman–Crippen LogP) is 3.57. The molecule has 0 saturated carbocycles. The van der Waals surface area contributed by atoms with Gasteiger partial charge in [0.05, 0.1) is 5.75 Å². The van der Waals surface area contributed by atoms with Crippen LogP contribution in [0, 0.1) is 0 Å². The zero-order valence-electron chi connectivity index (χ0n) is 13.7. The number of nitrogens with one attached hydrogen (secondary N) is 1. The summed E-state index contributed by atoms with van der Waals surface area (Å²) in [6.07, 6.45) is 5.62. The van der Waals surface area contributed by atoms with Crippen molar-refractivity contribution >= 4 is 15.6 Å². The Hall–Kier alpha value is -1.91. The molecule has 0 spiro atoms. The molecule has 0 bridgehead atoms. The van der Waals surface area contributed by atoms with E-state index in [1.165, 1.54) is 16.7 Å². The lowest BCUT2D eigenvalue weighted by Gasteiger charge is -2.18. The van der Waals surface area contributed by atoms with Gasteiger partial charge in [0.1, 0.15) is 0 Å². The van der Waals surface area contributed by atoms with Crippen molar-refractivity contribution in [3.63, 3.8) is 0 Å². The van der Waals surface area contributed by atoms with Gasteiger partial charge in [-0.15, -0.1) is 0 Å². The van der Waals surface area contributed by atoms with Gasteiger partial charge in [-0.3, -0.25) is 0 Å². The van der Waals surface area contributed by atoms with Crippen LogP contribution in [0.4, 0.5) is 0 Å². The van der Waals surface area contributed by atoms with E-state index < -0.39 is 10.0 Å². The van der Waals surface area contributed by atoms with Crippen LogP contribution in [0.15, 0.2) is 60.7 Å². The summed E-state index contributed by atoms with van der Waals surface area (Å²) in [7, 11) is -3.24. The molecule has 3 rings (SSSR count). The predicted molar refractivity (Wildman–Crippen MR) is 99.3 cm³/mol. The maximum Gasteiger partial charge on any atom is 0.211 e. The highest BCUT2D eigenvalue weighted by molar-refractivity contribution is 7.89. The van der Waals surface area contributed by atoms with Crippen molar-refractivity contribution in [3.05, 3.63) is 77.4 Å². The lowest BCUT2D eigenvalue weighted by Crippen LogP contribution is -2.28. The molecular weight excluding hydrogens is 318 g/mol. The van der Waals surface area contributed by atoms with Crippen molar-refractivity contribution in [1.82, 2.24) is 4.72 Å². The maximum absolute atomic E-state index is 12.2. The fourth-order valence-electron chi connectivity index (χ4n) is 3.11. The normalized spacial score (nSPS) is 14.1. The molecule has 0 aromatic heterocycles. The number of sulfonamides is 1. The smallest absolute Gasteiger partial charge is 0.211 e. The Labute approximate surface area is 144 Å². The Kier molecular flexibility index (Phi) is 5.48. The highest BCUT2D eigenvalue weighted by atomic mass is 32.2. The summed E-state index contributed by atoms with van der Waals surface area (Å²) in [6, 6.07) is 18.1. The van der Waals surface area contributed by atoms with E-state index in [4.69, 9.17) is 0 Å². The molecule has 0 saturated heterocycles. The van der Waals surface area contributed by atoms with Crippen molar-refractivity contribution in [2.24, 2.45) is 0 Å². The van der Waals surface area contributed by atoms with Crippen molar-refractivity contribution in [2.75, 3.05) is 12.3 Å². The molecule has 0 atom stereocenters. The molecule has 0 amide bonds. The van der Waals surface area contributed by atoms with E-state index in [-0.39, 0.29) is 5.75 Å². The summed E-state index contributed by atoms with van der Waals surface area (Å²) in [5.41, 5.74) is 4.93. The van der Waals surface area contributed by atoms with Crippen LogP contribution >= 0.6 is 0 Å². The van der Waals surface area contributed by atoms with E-state index in [1.54, 1.807) is 0 Å². The average Bonchev–Trinajstić information content (AvgIpc) is 2.61. The van der Waals surface area contributed by atoms with Crippen LogP contribution in [0.3, 0.4) is 0 Å². The third-order valence-electron chi connectivity index (χ3n) is 4.39. The molecule has 0 unspecified atom stereocenters. The Morgan fingerprint density at radius 2 is 1.67 bits per heavy atom. The first kappa shape index (κ1) is 16.9. The van der Waals surface area contributed by atoms with Crippen molar-refractivity contribution in [1.29, 1.82) is 0 Å². The number of benzene rings is 2. The van der Waals surface area contributed by atoms with E-state index in [1.807, 2.05) is 36.4 Å². The minimum atomic E-state index is -3.24. The highest BCUT2D eigenvalue weighted by Crippen LogP contribution is 2.28. The summed E-state index contributed by atoms with van der Waals surface area (Å²) in [6.45, 7) is 0.456. The van der Waals surface area contributed by atoms with E-state index >= 15 is 0 Å². The quantitative estimate of drug-likeness (QED) is 0.837. The van der Waals surface area contributed by atoms with E-state index in [2.05, 4.69) is 29.0 Å². The van der Waals surface area contributed by atoms with E-state index in [9.17, 15) is 8.42 Å². The van der Waals surface area contributed by atoms with Gasteiger partial charge in [0.2, 0.25) is 10.0 Å². The van der Waals surface area contributed by atoms with E-state index in [0.717, 1.165) is 24.8 Å². The Morgan fingerprint density at radius 3 is 2.50 bits per heavy atom. The number of hydrogen-bond acceptors (Lipinski definition) is 2. The summed E-state index contributed by atoms with van der Waals surface area (Å²) in [4.78, 5) is 0. The van der Waals surface area contributed by atoms with Gasteiger partial charge in [-0.05, 0) is 47.9 Å². The van der Waals surface area contributed by atoms with Crippen LogP contribution in [0.5, 0.6) is 0 Å². The third kappa shape index (κ3) is 4.56.